The molecule has 0 aliphatic carbocycles. The van der Waals surface area contributed by atoms with Crippen LogP contribution in [-0.4, -0.2) is 64.7 Å². The molecule has 3 aliphatic heterocycles. The summed E-state index contributed by atoms with van der Waals surface area (Å²) in [5.41, 5.74) is -1.38. The molecule has 0 spiro atoms. The molecule has 2 N–H and O–H groups in total. The highest BCUT2D eigenvalue weighted by molar-refractivity contribution is 5.75. The Morgan fingerprint density at radius 2 is 1.96 bits per heavy atom. The Bertz CT molecular complexity index is 518. The Kier molecular flexibility index (Phi) is 4.84. The van der Waals surface area contributed by atoms with Gasteiger partial charge in [0.2, 0.25) is 0 Å². The first-order valence-corrected chi connectivity index (χ1v) is 9.59. The fourth-order valence-electron chi connectivity index (χ4n) is 4.86. The van der Waals surface area contributed by atoms with Gasteiger partial charge in [-0.25, -0.2) is 4.79 Å². The fourth-order valence-corrected chi connectivity index (χ4v) is 4.86. The molecule has 0 radical (unpaired) electrons. The van der Waals surface area contributed by atoms with Crippen LogP contribution in [0.15, 0.2) is 0 Å². The number of carbonyl (C=O) groups excluding carboxylic acids is 1. The third-order valence-corrected chi connectivity index (χ3v) is 6.25. The van der Waals surface area contributed by atoms with Crippen LogP contribution in [-0.2, 0) is 9.47 Å². The van der Waals surface area contributed by atoms with Gasteiger partial charge in [0.25, 0.3) is 0 Å². The number of rotatable bonds is 2. The van der Waals surface area contributed by atoms with Crippen LogP contribution in [0.5, 0.6) is 0 Å². The van der Waals surface area contributed by atoms with Gasteiger partial charge in [-0.2, -0.15) is 0 Å². The van der Waals surface area contributed by atoms with E-state index in [1.54, 1.807) is 0 Å². The number of hydrogen-bond acceptors (Lipinski definition) is 4. The summed E-state index contributed by atoms with van der Waals surface area (Å²) in [5.74, 6) is -0.0289. The maximum atomic E-state index is 13.0. The number of ether oxygens (including phenoxy) is 2. The van der Waals surface area contributed by atoms with Crippen LogP contribution in [0.25, 0.3) is 0 Å². The van der Waals surface area contributed by atoms with Gasteiger partial charge >= 0.3 is 6.03 Å². The predicted molar refractivity (Wildman–Crippen MR) is 95.5 cm³/mol. The zero-order chi connectivity index (χ0) is 18.5. The number of hydrogen-bond donors (Lipinski definition) is 2. The number of urea groups is 1. The zero-order valence-corrected chi connectivity index (χ0v) is 16.3. The topological polar surface area (TPSA) is 71.0 Å². The second kappa shape index (κ2) is 6.39. The molecule has 0 aromatic heterocycles. The third-order valence-electron chi connectivity index (χ3n) is 6.25. The molecule has 0 aromatic carbocycles. The number of likely N-dealkylation sites (tertiary alicyclic amines) is 1. The highest BCUT2D eigenvalue weighted by atomic mass is 16.5. The first-order chi connectivity index (χ1) is 11.5. The molecule has 3 heterocycles. The van der Waals surface area contributed by atoms with Crippen molar-refractivity contribution < 1.29 is 19.4 Å². The smallest absolute Gasteiger partial charge is 0.317 e. The van der Waals surface area contributed by atoms with Gasteiger partial charge in [-0.3, -0.25) is 0 Å². The van der Waals surface area contributed by atoms with Crippen LogP contribution < -0.4 is 5.32 Å². The van der Waals surface area contributed by atoms with Crippen molar-refractivity contribution in [1.82, 2.24) is 10.2 Å². The Balaban J connectivity index is 1.69. The number of aliphatic hydroxyl groups is 1. The minimum absolute atomic E-state index is 0.0145. The van der Waals surface area contributed by atoms with Crippen LogP contribution in [0.4, 0.5) is 4.79 Å². The molecular formula is C19H34N2O4. The Morgan fingerprint density at radius 3 is 2.56 bits per heavy atom. The van der Waals surface area contributed by atoms with Crippen LogP contribution in [0, 0.1) is 5.92 Å². The first kappa shape index (κ1) is 18.9. The third kappa shape index (κ3) is 3.81. The lowest BCUT2D eigenvalue weighted by molar-refractivity contribution is -0.119. The van der Waals surface area contributed by atoms with Gasteiger partial charge in [0.05, 0.1) is 29.5 Å². The van der Waals surface area contributed by atoms with Crippen molar-refractivity contribution in [1.29, 1.82) is 0 Å². The molecule has 3 aliphatic rings. The lowest BCUT2D eigenvalue weighted by Crippen LogP contribution is -2.57. The molecule has 3 fully saturated rings. The molecule has 2 amide bonds. The molecule has 6 nitrogen and oxygen atoms in total. The molecule has 4 unspecified atom stereocenters. The molecule has 6 heteroatoms. The molecule has 0 saturated carbocycles. The monoisotopic (exact) mass is 354 g/mol. The second-order valence-electron chi connectivity index (χ2n) is 9.36. The summed E-state index contributed by atoms with van der Waals surface area (Å²) in [5, 5.41) is 14.0. The lowest BCUT2D eigenvalue weighted by atomic mass is 9.79. The average molecular weight is 354 g/mol. The number of nitrogens with zero attached hydrogens (tertiary/aromatic N) is 1. The Morgan fingerprint density at radius 1 is 1.24 bits per heavy atom. The molecule has 0 bridgehead atoms. The number of nitrogens with one attached hydrogen (secondary N) is 1. The minimum atomic E-state index is -0.774. The van der Waals surface area contributed by atoms with Crippen LogP contribution in [0.2, 0.25) is 0 Å². The van der Waals surface area contributed by atoms with Crippen LogP contribution >= 0.6 is 0 Å². The normalized spacial score (nSPS) is 40.2. The summed E-state index contributed by atoms with van der Waals surface area (Å²) in [4.78, 5) is 14.9. The quantitative estimate of drug-likeness (QED) is 0.798. The molecule has 0 aromatic rings. The second-order valence-corrected chi connectivity index (χ2v) is 9.36. The van der Waals surface area contributed by atoms with E-state index in [9.17, 15) is 9.90 Å². The maximum absolute atomic E-state index is 13.0. The SMILES string of the molecule is CC1(C)CC(NC(=O)N2CCCC2C2COCCC2(C)O)C(C)(C)O1. The summed E-state index contributed by atoms with van der Waals surface area (Å²) in [6, 6.07) is -0.0173. The largest absolute Gasteiger partial charge is 0.390 e. The van der Waals surface area contributed by atoms with E-state index in [2.05, 4.69) is 19.2 Å². The van der Waals surface area contributed by atoms with Crippen molar-refractivity contribution in [2.75, 3.05) is 19.8 Å². The molecule has 144 valence electrons. The fraction of sp³-hybridized carbons (Fsp3) is 0.947. The van der Waals surface area contributed by atoms with Gasteiger partial charge in [0.1, 0.15) is 0 Å². The number of amides is 2. The van der Waals surface area contributed by atoms with Crippen molar-refractivity contribution >= 4 is 6.03 Å². The van der Waals surface area contributed by atoms with Crippen molar-refractivity contribution in [2.45, 2.75) is 89.2 Å². The van der Waals surface area contributed by atoms with Gasteiger partial charge in [0, 0.05) is 25.1 Å². The standard InChI is InChI=1S/C19H34N2O4/c1-17(2)11-15(18(3,4)25-17)20-16(22)21-9-6-7-14(21)13-12-24-10-8-19(13,5)23/h13-15,23H,6-12H2,1-5H3,(H,20,22). The van der Waals surface area contributed by atoms with Crippen molar-refractivity contribution in [3.63, 3.8) is 0 Å². The van der Waals surface area contributed by atoms with Gasteiger partial charge < -0.3 is 24.8 Å². The maximum Gasteiger partial charge on any atom is 0.317 e. The molecule has 3 rings (SSSR count). The van der Waals surface area contributed by atoms with Crippen molar-refractivity contribution in [2.24, 2.45) is 5.92 Å². The van der Waals surface area contributed by atoms with Gasteiger partial charge in [-0.15, -0.1) is 0 Å². The van der Waals surface area contributed by atoms with E-state index >= 15 is 0 Å². The Labute approximate surface area is 151 Å². The lowest BCUT2D eigenvalue weighted by Gasteiger charge is -2.43. The average Bonchev–Trinajstić information content (AvgIpc) is 3.00. The molecule has 4 atom stereocenters. The highest BCUT2D eigenvalue weighted by Gasteiger charge is 2.49. The van der Waals surface area contributed by atoms with E-state index in [0.717, 1.165) is 25.8 Å². The Hall–Kier alpha value is -0.850. The van der Waals surface area contributed by atoms with E-state index in [0.29, 0.717) is 19.6 Å². The zero-order valence-electron chi connectivity index (χ0n) is 16.3. The highest BCUT2D eigenvalue weighted by Crippen LogP contribution is 2.39. The van der Waals surface area contributed by atoms with E-state index < -0.39 is 5.60 Å². The van der Waals surface area contributed by atoms with Gasteiger partial charge in [-0.05, 0) is 60.3 Å². The van der Waals surface area contributed by atoms with E-state index in [1.807, 2.05) is 25.7 Å². The van der Waals surface area contributed by atoms with Gasteiger partial charge in [-0.1, -0.05) is 0 Å². The molecular weight excluding hydrogens is 320 g/mol. The van der Waals surface area contributed by atoms with Crippen molar-refractivity contribution in [3.05, 3.63) is 0 Å². The van der Waals surface area contributed by atoms with Crippen LogP contribution in [0.1, 0.15) is 60.3 Å². The summed E-state index contributed by atoms with van der Waals surface area (Å²) in [6.45, 7) is 11.9. The summed E-state index contributed by atoms with van der Waals surface area (Å²) in [7, 11) is 0. The predicted octanol–water partition coefficient (Wildman–Crippen LogP) is 2.29. The molecule has 3 saturated heterocycles. The van der Waals surface area contributed by atoms with E-state index in [-0.39, 0.29) is 35.2 Å². The van der Waals surface area contributed by atoms with Gasteiger partial charge in [0.15, 0.2) is 0 Å². The summed E-state index contributed by atoms with van der Waals surface area (Å²) in [6.07, 6.45) is 3.32. The van der Waals surface area contributed by atoms with Crippen molar-refractivity contribution in [3.8, 4) is 0 Å². The van der Waals surface area contributed by atoms with Crippen LogP contribution in [0.3, 0.4) is 0 Å². The summed E-state index contributed by atoms with van der Waals surface area (Å²) < 4.78 is 11.7. The first-order valence-electron chi connectivity index (χ1n) is 9.59. The minimum Gasteiger partial charge on any atom is -0.390 e. The number of carbonyl (C=O) groups is 1. The summed E-state index contributed by atoms with van der Waals surface area (Å²) >= 11 is 0. The van der Waals surface area contributed by atoms with E-state index in [1.165, 1.54) is 0 Å². The molecule has 25 heavy (non-hydrogen) atoms. The van der Waals surface area contributed by atoms with E-state index in [4.69, 9.17) is 9.47 Å².